The maximum absolute atomic E-state index is 12.4. The van der Waals surface area contributed by atoms with Crippen LogP contribution in [0.1, 0.15) is 41.0 Å². The number of hydrogen-bond acceptors (Lipinski definition) is 5. The topological polar surface area (TPSA) is 62.7 Å². The van der Waals surface area contributed by atoms with Crippen molar-refractivity contribution in [3.8, 4) is 0 Å². The van der Waals surface area contributed by atoms with Crippen LogP contribution in [0.4, 0.5) is 0 Å². The van der Waals surface area contributed by atoms with E-state index in [9.17, 15) is 9.90 Å². The number of carbonyl (C=O) groups excluding carboxylic acids is 1. The maximum atomic E-state index is 12.4. The Morgan fingerprint density at radius 1 is 1.55 bits per heavy atom. The fourth-order valence-corrected chi connectivity index (χ4v) is 3.90. The van der Waals surface area contributed by atoms with Crippen molar-refractivity contribution < 1.29 is 14.6 Å². The van der Waals surface area contributed by atoms with Crippen LogP contribution in [-0.2, 0) is 4.74 Å². The highest BCUT2D eigenvalue weighted by atomic mass is 32.1. The van der Waals surface area contributed by atoms with Gasteiger partial charge in [0.05, 0.1) is 22.9 Å². The molecule has 110 valence electrons. The lowest BCUT2D eigenvalue weighted by molar-refractivity contribution is -0.174. The summed E-state index contributed by atoms with van der Waals surface area (Å²) in [6.07, 6.45) is 2.78. The summed E-state index contributed by atoms with van der Waals surface area (Å²) in [6, 6.07) is 0. The summed E-state index contributed by atoms with van der Waals surface area (Å²) in [4.78, 5) is 19.1. The lowest BCUT2D eigenvalue weighted by atomic mass is 9.82. The zero-order chi connectivity index (χ0) is 14.2. The van der Waals surface area contributed by atoms with Gasteiger partial charge in [-0.05, 0) is 32.6 Å². The summed E-state index contributed by atoms with van der Waals surface area (Å²) < 4.78 is 5.86. The van der Waals surface area contributed by atoms with Crippen molar-refractivity contribution in [2.75, 3.05) is 19.7 Å². The number of carbonyl (C=O) groups is 1. The van der Waals surface area contributed by atoms with Gasteiger partial charge in [-0.1, -0.05) is 0 Å². The molecule has 1 spiro atoms. The van der Waals surface area contributed by atoms with Crippen LogP contribution in [0.5, 0.6) is 0 Å². The molecule has 1 aromatic heterocycles. The number of likely N-dealkylation sites (tertiary alicyclic amines) is 1. The number of aryl methyl sites for hydroxylation is 1. The van der Waals surface area contributed by atoms with Crippen LogP contribution < -0.4 is 0 Å². The second-order valence-electron chi connectivity index (χ2n) is 5.63. The molecule has 0 bridgehead atoms. The number of amides is 1. The summed E-state index contributed by atoms with van der Waals surface area (Å²) in [5, 5.41) is 10.2. The molecule has 0 aromatic carbocycles. The number of rotatable bonds is 1. The van der Waals surface area contributed by atoms with Crippen molar-refractivity contribution >= 4 is 17.2 Å². The summed E-state index contributed by atoms with van der Waals surface area (Å²) in [5.41, 5.74) is 2.09. The second-order valence-corrected chi connectivity index (χ2v) is 6.49. The molecule has 1 N–H and O–H groups in total. The summed E-state index contributed by atoms with van der Waals surface area (Å²) in [5.74, 6) is 0.0603. The smallest absolute Gasteiger partial charge is 0.265 e. The van der Waals surface area contributed by atoms with Crippen molar-refractivity contribution in [1.82, 2.24) is 9.88 Å². The summed E-state index contributed by atoms with van der Waals surface area (Å²) >= 11 is 1.40. The number of aliphatic hydroxyl groups excluding tert-OH is 1. The number of hydrogen-bond donors (Lipinski definition) is 1. The van der Waals surface area contributed by atoms with Crippen LogP contribution >= 0.6 is 11.3 Å². The first kappa shape index (κ1) is 14.0. The van der Waals surface area contributed by atoms with E-state index in [-0.39, 0.29) is 5.91 Å². The summed E-state index contributed by atoms with van der Waals surface area (Å²) in [6.45, 7) is 3.88. The Labute approximate surface area is 122 Å². The predicted octanol–water partition coefficient (Wildman–Crippen LogP) is 1.60. The van der Waals surface area contributed by atoms with Gasteiger partial charge in [0.25, 0.3) is 5.91 Å². The first-order valence-corrected chi connectivity index (χ1v) is 8.02. The molecule has 2 aliphatic heterocycles. The Morgan fingerprint density at radius 3 is 2.90 bits per heavy atom. The highest BCUT2D eigenvalue weighted by molar-refractivity contribution is 7.11. The van der Waals surface area contributed by atoms with Crippen LogP contribution in [0.2, 0.25) is 0 Å². The highest BCUT2D eigenvalue weighted by Gasteiger charge is 2.44. The molecule has 1 atom stereocenters. The quantitative estimate of drug-likeness (QED) is 0.855. The van der Waals surface area contributed by atoms with Gasteiger partial charge in [-0.3, -0.25) is 4.79 Å². The van der Waals surface area contributed by atoms with E-state index >= 15 is 0 Å². The third-order valence-electron chi connectivity index (χ3n) is 4.46. The van der Waals surface area contributed by atoms with Crippen molar-refractivity contribution in [2.45, 2.75) is 44.3 Å². The van der Waals surface area contributed by atoms with Crippen LogP contribution in [0.3, 0.4) is 0 Å². The number of aliphatic hydroxyl groups is 1. The lowest BCUT2D eigenvalue weighted by Gasteiger charge is -2.46. The molecule has 2 aliphatic rings. The fraction of sp³-hybridized carbons (Fsp3) is 0.714. The Morgan fingerprint density at radius 2 is 2.30 bits per heavy atom. The van der Waals surface area contributed by atoms with E-state index < -0.39 is 11.7 Å². The molecular weight excluding hydrogens is 276 g/mol. The molecular formula is C14H20N2O3S. The molecule has 0 unspecified atom stereocenters. The average Bonchev–Trinajstić information content (AvgIpc) is 2.89. The van der Waals surface area contributed by atoms with Gasteiger partial charge >= 0.3 is 0 Å². The molecule has 6 heteroatoms. The van der Waals surface area contributed by atoms with Gasteiger partial charge in [-0.25, -0.2) is 4.98 Å². The van der Waals surface area contributed by atoms with Gasteiger partial charge in [-0.2, -0.15) is 0 Å². The third-order valence-corrected chi connectivity index (χ3v) is 5.37. The Balaban J connectivity index is 1.67. The monoisotopic (exact) mass is 296 g/mol. The van der Waals surface area contributed by atoms with Gasteiger partial charge in [0.15, 0.2) is 0 Å². The molecule has 5 nitrogen and oxygen atoms in total. The van der Waals surface area contributed by atoms with Crippen molar-refractivity contribution in [3.63, 3.8) is 0 Å². The van der Waals surface area contributed by atoms with Crippen LogP contribution in [0.15, 0.2) is 5.51 Å². The van der Waals surface area contributed by atoms with Crippen molar-refractivity contribution in [3.05, 3.63) is 16.1 Å². The molecule has 0 saturated carbocycles. The van der Waals surface area contributed by atoms with Gasteiger partial charge in [0.1, 0.15) is 4.88 Å². The minimum Gasteiger partial charge on any atom is -0.390 e. The molecule has 2 saturated heterocycles. The molecule has 1 amide bonds. The second kappa shape index (κ2) is 5.42. The molecule has 3 rings (SSSR count). The maximum Gasteiger partial charge on any atom is 0.265 e. The van der Waals surface area contributed by atoms with Gasteiger partial charge in [0, 0.05) is 19.7 Å². The number of thiazole rings is 1. The van der Waals surface area contributed by atoms with E-state index in [0.717, 1.165) is 42.9 Å². The Kier molecular flexibility index (Phi) is 3.79. The molecule has 0 aliphatic carbocycles. The predicted molar refractivity (Wildman–Crippen MR) is 75.9 cm³/mol. The number of ether oxygens (including phenoxy) is 1. The standard InChI is InChI=1S/C14H20N2O3S/c1-10-12(20-9-15-10)13(18)16-6-4-14(5-7-16)11(17)3-2-8-19-14/h9,11,17H,2-8H2,1H3/t11-/m0/s1. The normalized spacial score (nSPS) is 25.9. The largest absolute Gasteiger partial charge is 0.390 e. The van der Waals surface area contributed by atoms with Crippen molar-refractivity contribution in [1.29, 1.82) is 0 Å². The highest BCUT2D eigenvalue weighted by Crippen LogP contribution is 2.35. The van der Waals surface area contributed by atoms with Gasteiger partial charge in [0.2, 0.25) is 0 Å². The van der Waals surface area contributed by atoms with Crippen LogP contribution in [-0.4, -0.2) is 52.3 Å². The third kappa shape index (κ3) is 2.36. The molecule has 3 heterocycles. The lowest BCUT2D eigenvalue weighted by Crippen LogP contribution is -2.56. The van der Waals surface area contributed by atoms with Gasteiger partial charge < -0.3 is 14.7 Å². The SMILES string of the molecule is Cc1ncsc1C(=O)N1CCC2(CC1)OCCC[C@@H]2O. The first-order chi connectivity index (χ1) is 9.62. The number of nitrogens with zero attached hydrogens (tertiary/aromatic N) is 2. The summed E-state index contributed by atoms with van der Waals surface area (Å²) in [7, 11) is 0. The van der Waals surface area contributed by atoms with E-state index in [1.165, 1.54) is 11.3 Å². The van der Waals surface area contributed by atoms with E-state index in [4.69, 9.17) is 4.74 Å². The van der Waals surface area contributed by atoms with E-state index in [1.54, 1.807) is 5.51 Å². The Bertz CT molecular complexity index is 494. The van der Waals surface area contributed by atoms with Crippen LogP contribution in [0.25, 0.3) is 0 Å². The molecule has 0 radical (unpaired) electrons. The number of aromatic nitrogens is 1. The molecule has 1 aromatic rings. The zero-order valence-electron chi connectivity index (χ0n) is 11.7. The van der Waals surface area contributed by atoms with E-state index in [0.29, 0.717) is 13.1 Å². The van der Waals surface area contributed by atoms with E-state index in [2.05, 4.69) is 4.98 Å². The van der Waals surface area contributed by atoms with Gasteiger partial charge in [-0.15, -0.1) is 11.3 Å². The van der Waals surface area contributed by atoms with E-state index in [1.807, 2.05) is 11.8 Å². The minimum atomic E-state index is -0.419. The van der Waals surface area contributed by atoms with Crippen molar-refractivity contribution in [2.24, 2.45) is 0 Å². The molecule has 20 heavy (non-hydrogen) atoms. The minimum absolute atomic E-state index is 0.0603. The average molecular weight is 296 g/mol. The Hall–Kier alpha value is -0.980. The van der Waals surface area contributed by atoms with Crippen LogP contribution in [0, 0.1) is 6.92 Å². The molecule has 2 fully saturated rings. The first-order valence-electron chi connectivity index (χ1n) is 7.14. The number of piperidine rings is 1. The fourth-order valence-electron chi connectivity index (χ4n) is 3.13. The zero-order valence-corrected chi connectivity index (χ0v) is 12.5.